The normalized spacial score (nSPS) is 12.8. The topological polar surface area (TPSA) is 9.86 Å². The summed E-state index contributed by atoms with van der Waals surface area (Å²) in [7, 11) is 0. The summed E-state index contributed by atoms with van der Waals surface area (Å²) in [6.07, 6.45) is 0. The summed E-state index contributed by atoms with van der Waals surface area (Å²) >= 11 is 0. The summed E-state index contributed by atoms with van der Waals surface area (Å²) in [6.45, 7) is 23.2. The minimum absolute atomic E-state index is 0.0900. The number of rotatable bonds is 4. The standard InChI is InChI=1S/C69H57BN2/c1-38-19-11-13-25-48(38)45-29-30-59-53(31-45)55-32-46(49-26-14-12-20-39(49)2)33-56-64-44(7)52(62-40(3)21-17-22-41(62)4)36-61-66(64)70(72(59)67(55)56)58-35-47(69(8,9)10)34-57-65-51-28-16-15-27-50(51)54(37-60(65)71(61)68(57)58)63-42(5)23-18-24-43(63)6/h11-37H,1-10H3. The second kappa shape index (κ2) is 15.1. The zero-order valence-corrected chi connectivity index (χ0v) is 43.1. The molecule has 3 heteroatoms. The zero-order chi connectivity index (χ0) is 49.2. The van der Waals surface area contributed by atoms with Crippen LogP contribution in [-0.2, 0) is 5.41 Å². The molecule has 0 N–H and O–H groups in total. The van der Waals surface area contributed by atoms with Crippen molar-refractivity contribution in [2.45, 2.75) is 74.7 Å². The number of nitrogens with zero attached hydrogens (tertiary/aromatic N) is 2. The summed E-state index contributed by atoms with van der Waals surface area (Å²) in [5.74, 6) is 0. The van der Waals surface area contributed by atoms with Crippen LogP contribution in [0.2, 0.25) is 0 Å². The Bertz CT molecular complexity index is 4350. The SMILES string of the molecule is Cc1ccccc1-c1ccc2c(c1)c1cc(-c3ccccc3C)cc3c1n2B1c2c(cc(-c4c(C)cccc4C)c(C)c2-3)-n2c3cc(-c4c(C)cccc4C)c4ccccc4c3c3cc(C(C)(C)C)cc1c32. The molecule has 346 valence electrons. The third-order valence-electron chi connectivity index (χ3n) is 17.0. The van der Waals surface area contributed by atoms with Crippen molar-refractivity contribution >= 4 is 72.2 Å². The van der Waals surface area contributed by atoms with E-state index in [-0.39, 0.29) is 12.3 Å². The summed E-state index contributed by atoms with van der Waals surface area (Å²) < 4.78 is 5.49. The van der Waals surface area contributed by atoms with Crippen LogP contribution in [0.4, 0.5) is 0 Å². The number of fused-ring (bicyclic) bond motifs is 12. The zero-order valence-electron chi connectivity index (χ0n) is 43.1. The third kappa shape index (κ3) is 5.80. The molecule has 0 saturated heterocycles. The first kappa shape index (κ1) is 43.0. The van der Waals surface area contributed by atoms with Gasteiger partial charge in [-0.1, -0.05) is 142 Å². The Balaban J connectivity index is 1.24. The number of aryl methyl sites for hydroxylation is 6. The monoisotopic (exact) mass is 924 g/mol. The van der Waals surface area contributed by atoms with Gasteiger partial charge in [0.2, 0.25) is 0 Å². The van der Waals surface area contributed by atoms with Crippen molar-refractivity contribution in [2.24, 2.45) is 0 Å². The molecule has 2 aliphatic heterocycles. The molecule has 0 aliphatic carbocycles. The maximum absolute atomic E-state index is 2.77. The Morgan fingerprint density at radius 2 is 0.972 bits per heavy atom. The molecular formula is C69H57BN2. The van der Waals surface area contributed by atoms with Crippen molar-refractivity contribution in [1.29, 1.82) is 0 Å². The van der Waals surface area contributed by atoms with Crippen LogP contribution in [0.25, 0.3) is 116 Å². The van der Waals surface area contributed by atoms with Crippen molar-refractivity contribution in [2.75, 3.05) is 0 Å². The van der Waals surface area contributed by atoms with E-state index in [1.807, 2.05) is 0 Å². The van der Waals surface area contributed by atoms with E-state index >= 15 is 0 Å². The van der Waals surface area contributed by atoms with E-state index < -0.39 is 0 Å². The van der Waals surface area contributed by atoms with Gasteiger partial charge in [0, 0.05) is 43.8 Å². The van der Waals surface area contributed by atoms with E-state index in [0.717, 1.165) is 0 Å². The molecule has 2 aromatic heterocycles. The Morgan fingerprint density at radius 1 is 0.389 bits per heavy atom. The molecule has 72 heavy (non-hydrogen) atoms. The Kier molecular flexibility index (Phi) is 8.99. The molecule has 2 nitrogen and oxygen atoms in total. The molecule has 0 amide bonds. The molecular weight excluding hydrogens is 868 g/mol. The molecule has 0 saturated carbocycles. The highest BCUT2D eigenvalue weighted by Crippen LogP contribution is 2.51. The Morgan fingerprint density at radius 3 is 1.62 bits per heavy atom. The van der Waals surface area contributed by atoms with Crippen LogP contribution in [0, 0.1) is 48.5 Å². The second-order valence-corrected chi connectivity index (χ2v) is 22.4. The molecule has 2 aliphatic rings. The quantitative estimate of drug-likeness (QED) is 0.156. The Labute approximate surface area is 423 Å². The maximum Gasteiger partial charge on any atom is 0.333 e. The van der Waals surface area contributed by atoms with Gasteiger partial charge in [-0.25, -0.2) is 0 Å². The molecule has 12 aromatic rings. The average molecular weight is 925 g/mol. The molecule has 0 fully saturated rings. The molecule has 0 bridgehead atoms. The predicted molar refractivity (Wildman–Crippen MR) is 311 cm³/mol. The first-order chi connectivity index (χ1) is 34.8. The highest BCUT2D eigenvalue weighted by Gasteiger charge is 2.44. The lowest BCUT2D eigenvalue weighted by molar-refractivity contribution is 0.591. The first-order valence-electron chi connectivity index (χ1n) is 25.9. The lowest BCUT2D eigenvalue weighted by atomic mass is 9.45. The van der Waals surface area contributed by atoms with Crippen molar-refractivity contribution in [3.05, 3.63) is 208 Å². The highest BCUT2D eigenvalue weighted by atomic mass is 15.0. The van der Waals surface area contributed by atoms with Crippen molar-refractivity contribution in [3.63, 3.8) is 0 Å². The number of aromatic nitrogens is 2. The van der Waals surface area contributed by atoms with Gasteiger partial charge in [0.05, 0.1) is 11.0 Å². The van der Waals surface area contributed by atoms with E-state index in [9.17, 15) is 0 Å². The number of hydrogen-bond donors (Lipinski definition) is 0. The van der Waals surface area contributed by atoms with E-state index in [1.54, 1.807) is 0 Å². The van der Waals surface area contributed by atoms with Crippen LogP contribution in [0.15, 0.2) is 164 Å². The van der Waals surface area contributed by atoms with Gasteiger partial charge in [0.15, 0.2) is 0 Å². The van der Waals surface area contributed by atoms with Crippen LogP contribution in [0.3, 0.4) is 0 Å². The maximum atomic E-state index is 2.77. The van der Waals surface area contributed by atoms with Crippen LogP contribution in [0.5, 0.6) is 0 Å². The second-order valence-electron chi connectivity index (χ2n) is 22.4. The number of benzene rings is 10. The predicted octanol–water partition coefficient (Wildman–Crippen LogP) is 17.1. The summed E-state index contributed by atoms with van der Waals surface area (Å²) in [6, 6.07) is 63.3. The first-order valence-corrected chi connectivity index (χ1v) is 25.9. The average Bonchev–Trinajstić information content (AvgIpc) is 3.87. The van der Waals surface area contributed by atoms with E-state index in [4.69, 9.17) is 0 Å². The van der Waals surface area contributed by atoms with Crippen LogP contribution < -0.4 is 10.9 Å². The van der Waals surface area contributed by atoms with Crippen LogP contribution in [-0.4, -0.2) is 15.9 Å². The lowest BCUT2D eigenvalue weighted by Gasteiger charge is -2.37. The van der Waals surface area contributed by atoms with Gasteiger partial charge in [-0.2, -0.15) is 0 Å². The molecule has 0 spiro atoms. The van der Waals surface area contributed by atoms with Crippen molar-refractivity contribution < 1.29 is 0 Å². The van der Waals surface area contributed by atoms with Crippen LogP contribution in [0.1, 0.15) is 65.3 Å². The minimum Gasteiger partial charge on any atom is -0.375 e. The van der Waals surface area contributed by atoms with Gasteiger partial charge < -0.3 is 9.05 Å². The van der Waals surface area contributed by atoms with E-state index in [2.05, 4.69) is 242 Å². The van der Waals surface area contributed by atoms with Gasteiger partial charge in [-0.05, 0) is 213 Å². The smallest absolute Gasteiger partial charge is 0.333 e. The fourth-order valence-electron chi connectivity index (χ4n) is 13.7. The van der Waals surface area contributed by atoms with E-state index in [1.165, 1.54) is 171 Å². The van der Waals surface area contributed by atoms with Crippen molar-refractivity contribution in [1.82, 2.24) is 9.05 Å². The molecule has 10 aromatic carbocycles. The van der Waals surface area contributed by atoms with Crippen LogP contribution >= 0.6 is 0 Å². The minimum atomic E-state index is -0.107. The van der Waals surface area contributed by atoms with Gasteiger partial charge in [-0.3, -0.25) is 0 Å². The highest BCUT2D eigenvalue weighted by molar-refractivity contribution is 6.90. The number of hydrogen-bond acceptors (Lipinski definition) is 0. The molecule has 0 unspecified atom stereocenters. The van der Waals surface area contributed by atoms with Gasteiger partial charge >= 0.3 is 6.85 Å². The van der Waals surface area contributed by atoms with Crippen molar-refractivity contribution in [3.8, 4) is 61.3 Å². The third-order valence-corrected chi connectivity index (χ3v) is 17.0. The summed E-state index contributed by atoms with van der Waals surface area (Å²) in [5.41, 5.74) is 32.5. The summed E-state index contributed by atoms with van der Waals surface area (Å²) in [4.78, 5) is 0. The van der Waals surface area contributed by atoms with Gasteiger partial charge in [-0.15, -0.1) is 0 Å². The molecule has 0 atom stereocenters. The Hall–Kier alpha value is -7.88. The summed E-state index contributed by atoms with van der Waals surface area (Å²) in [5, 5.41) is 7.85. The lowest BCUT2D eigenvalue weighted by Crippen LogP contribution is -2.55. The fraction of sp³-hybridized carbons (Fsp3) is 0.159. The molecule has 14 rings (SSSR count). The molecule has 4 heterocycles. The van der Waals surface area contributed by atoms with Gasteiger partial charge in [0.25, 0.3) is 0 Å². The van der Waals surface area contributed by atoms with Gasteiger partial charge in [0.1, 0.15) is 0 Å². The van der Waals surface area contributed by atoms with E-state index in [0.29, 0.717) is 0 Å². The largest absolute Gasteiger partial charge is 0.375 e. The fourth-order valence-corrected chi connectivity index (χ4v) is 13.7. The molecule has 0 radical (unpaired) electrons.